The molecule has 0 aromatic rings. The normalized spacial score (nSPS) is 19.1. The lowest BCUT2D eigenvalue weighted by molar-refractivity contribution is 0.408. The zero-order valence-electron chi connectivity index (χ0n) is 15.5. The fraction of sp³-hybridized carbons (Fsp3) is 0.696. The van der Waals surface area contributed by atoms with Gasteiger partial charge in [0.25, 0.3) is 0 Å². The van der Waals surface area contributed by atoms with E-state index < -0.39 is 0 Å². The van der Waals surface area contributed by atoms with Gasteiger partial charge in [0.05, 0.1) is 0 Å². The van der Waals surface area contributed by atoms with Crippen LogP contribution in [0.15, 0.2) is 40.7 Å². The highest BCUT2D eigenvalue weighted by molar-refractivity contribution is 5.41. The summed E-state index contributed by atoms with van der Waals surface area (Å²) in [6, 6.07) is 0. The van der Waals surface area contributed by atoms with Crippen molar-refractivity contribution >= 4 is 0 Å². The third kappa shape index (κ3) is 6.56. The first-order valence-electron chi connectivity index (χ1n) is 10.1. The lowest BCUT2D eigenvalue weighted by atomic mass is 9.83. The topological polar surface area (TPSA) is 0 Å². The van der Waals surface area contributed by atoms with Crippen LogP contribution in [0.25, 0.3) is 0 Å². The summed E-state index contributed by atoms with van der Waals surface area (Å²) in [5, 5.41) is 0. The summed E-state index contributed by atoms with van der Waals surface area (Å²) in [6.07, 6.45) is 25.0. The van der Waals surface area contributed by atoms with Gasteiger partial charge in [-0.2, -0.15) is 0 Å². The number of hydrogen-bond acceptors (Lipinski definition) is 0. The number of rotatable bonds is 9. The summed E-state index contributed by atoms with van der Waals surface area (Å²) in [5.41, 5.74) is 8.00. The van der Waals surface area contributed by atoms with Gasteiger partial charge in [0, 0.05) is 0 Å². The van der Waals surface area contributed by atoms with Gasteiger partial charge in [-0.1, -0.05) is 70.8 Å². The van der Waals surface area contributed by atoms with Crippen molar-refractivity contribution in [2.75, 3.05) is 0 Å². The third-order valence-corrected chi connectivity index (χ3v) is 5.52. The Kier molecular flexibility index (Phi) is 8.54. The second-order valence-electron chi connectivity index (χ2n) is 7.51. The highest BCUT2D eigenvalue weighted by Crippen LogP contribution is 2.32. The van der Waals surface area contributed by atoms with Gasteiger partial charge in [-0.05, 0) is 67.4 Å². The van der Waals surface area contributed by atoms with Crippen molar-refractivity contribution in [3.05, 3.63) is 40.7 Å². The van der Waals surface area contributed by atoms with E-state index in [2.05, 4.69) is 37.8 Å². The predicted octanol–water partition coefficient (Wildman–Crippen LogP) is 7.68. The molecule has 2 aliphatic rings. The Morgan fingerprint density at radius 3 is 2.35 bits per heavy atom. The average Bonchev–Trinajstić information content (AvgIpc) is 2.77. The maximum Gasteiger partial charge on any atom is -0.0156 e. The molecule has 0 aromatic carbocycles. The standard InChI is InChI=1S/C23H36/c1-3-4-5-6-7-8-10-14-21-17-13-18-23(19-20(21)2)22-15-11-9-12-16-22/h17-19,22H,3-12,14-16H2,1-2H3. The highest BCUT2D eigenvalue weighted by Gasteiger charge is 2.17. The molecule has 0 aromatic heterocycles. The van der Waals surface area contributed by atoms with Crippen molar-refractivity contribution in [2.45, 2.75) is 97.3 Å². The number of unbranched alkanes of at least 4 members (excludes halogenated alkanes) is 6. The van der Waals surface area contributed by atoms with Gasteiger partial charge in [-0.25, -0.2) is 0 Å². The maximum absolute atomic E-state index is 3.47. The molecule has 128 valence electrons. The Hall–Kier alpha value is -1.00. The second-order valence-corrected chi connectivity index (χ2v) is 7.51. The highest BCUT2D eigenvalue weighted by atomic mass is 14.2. The van der Waals surface area contributed by atoms with Gasteiger partial charge in [0.2, 0.25) is 0 Å². The van der Waals surface area contributed by atoms with Crippen LogP contribution in [0.4, 0.5) is 0 Å². The quantitative estimate of drug-likeness (QED) is 0.302. The SMILES string of the molecule is CCCCCCCCCC1=C(C)C=C(C2CCCCC2)C=C=C1. The molecule has 2 aliphatic carbocycles. The maximum atomic E-state index is 3.47. The first-order chi connectivity index (χ1) is 11.3. The van der Waals surface area contributed by atoms with Gasteiger partial charge >= 0.3 is 0 Å². The molecule has 23 heavy (non-hydrogen) atoms. The second kappa shape index (κ2) is 10.7. The summed E-state index contributed by atoms with van der Waals surface area (Å²) in [4.78, 5) is 0. The van der Waals surface area contributed by atoms with E-state index in [1.165, 1.54) is 100 Å². The van der Waals surface area contributed by atoms with Crippen LogP contribution in [0.2, 0.25) is 0 Å². The van der Waals surface area contributed by atoms with Crippen LogP contribution >= 0.6 is 0 Å². The van der Waals surface area contributed by atoms with Gasteiger partial charge < -0.3 is 0 Å². The number of allylic oxidation sites excluding steroid dienone is 5. The Morgan fingerprint density at radius 1 is 0.913 bits per heavy atom. The van der Waals surface area contributed by atoms with E-state index in [-0.39, 0.29) is 0 Å². The molecule has 0 atom stereocenters. The van der Waals surface area contributed by atoms with Gasteiger partial charge in [-0.15, -0.1) is 5.73 Å². The molecule has 0 nitrogen and oxygen atoms in total. The van der Waals surface area contributed by atoms with Crippen LogP contribution in [0, 0.1) is 5.92 Å². The van der Waals surface area contributed by atoms with Crippen molar-refractivity contribution in [3.63, 3.8) is 0 Å². The van der Waals surface area contributed by atoms with Crippen LogP contribution in [0.5, 0.6) is 0 Å². The third-order valence-electron chi connectivity index (χ3n) is 5.52. The van der Waals surface area contributed by atoms with Crippen LogP contribution in [0.3, 0.4) is 0 Å². The van der Waals surface area contributed by atoms with Crippen molar-refractivity contribution in [3.8, 4) is 0 Å². The monoisotopic (exact) mass is 312 g/mol. The van der Waals surface area contributed by atoms with Crippen molar-refractivity contribution in [2.24, 2.45) is 5.92 Å². The van der Waals surface area contributed by atoms with E-state index in [4.69, 9.17) is 0 Å². The summed E-state index contributed by atoms with van der Waals surface area (Å²) in [7, 11) is 0. The lowest BCUT2D eigenvalue weighted by Crippen LogP contribution is -2.08. The fourth-order valence-corrected chi connectivity index (χ4v) is 3.95. The van der Waals surface area contributed by atoms with E-state index in [9.17, 15) is 0 Å². The minimum Gasteiger partial charge on any atom is -0.120 e. The first kappa shape index (κ1) is 18.3. The molecule has 0 N–H and O–H groups in total. The smallest absolute Gasteiger partial charge is 0.0156 e. The van der Waals surface area contributed by atoms with E-state index in [0.717, 1.165) is 5.92 Å². The molecular formula is C23H36. The molecule has 0 bridgehead atoms. The summed E-state index contributed by atoms with van der Waals surface area (Å²) >= 11 is 0. The minimum atomic E-state index is 0.789. The van der Waals surface area contributed by atoms with Gasteiger partial charge in [0.15, 0.2) is 0 Å². The molecule has 0 radical (unpaired) electrons. The molecule has 1 saturated carbocycles. The van der Waals surface area contributed by atoms with Crippen molar-refractivity contribution in [1.82, 2.24) is 0 Å². The van der Waals surface area contributed by atoms with E-state index in [1.54, 1.807) is 0 Å². The lowest BCUT2D eigenvalue weighted by Gasteiger charge is -2.22. The van der Waals surface area contributed by atoms with Gasteiger partial charge in [0.1, 0.15) is 0 Å². The Morgan fingerprint density at radius 2 is 1.61 bits per heavy atom. The molecule has 0 saturated heterocycles. The van der Waals surface area contributed by atoms with Crippen LogP contribution in [0.1, 0.15) is 97.3 Å². The molecular weight excluding hydrogens is 276 g/mol. The van der Waals surface area contributed by atoms with Crippen LogP contribution < -0.4 is 0 Å². The van der Waals surface area contributed by atoms with Crippen LogP contribution in [-0.4, -0.2) is 0 Å². The van der Waals surface area contributed by atoms with E-state index in [0.29, 0.717) is 0 Å². The van der Waals surface area contributed by atoms with Crippen LogP contribution in [-0.2, 0) is 0 Å². The summed E-state index contributed by atoms with van der Waals surface area (Å²) < 4.78 is 0. The summed E-state index contributed by atoms with van der Waals surface area (Å²) in [6.45, 7) is 4.59. The largest absolute Gasteiger partial charge is 0.120 e. The molecule has 0 heterocycles. The number of hydrogen-bond donors (Lipinski definition) is 0. The minimum absolute atomic E-state index is 0.789. The Balaban J connectivity index is 1.80. The van der Waals surface area contributed by atoms with Gasteiger partial charge in [-0.3, -0.25) is 0 Å². The van der Waals surface area contributed by atoms with Crippen molar-refractivity contribution in [1.29, 1.82) is 0 Å². The zero-order chi connectivity index (χ0) is 16.3. The molecule has 2 rings (SSSR count). The van der Waals surface area contributed by atoms with E-state index in [1.807, 2.05) is 0 Å². The Labute approximate surface area is 144 Å². The van der Waals surface area contributed by atoms with Crippen molar-refractivity contribution < 1.29 is 0 Å². The molecule has 0 amide bonds. The predicted molar refractivity (Wildman–Crippen MR) is 103 cm³/mol. The fourth-order valence-electron chi connectivity index (χ4n) is 3.95. The Bertz CT molecular complexity index is 462. The molecule has 1 fully saturated rings. The molecule has 0 aliphatic heterocycles. The summed E-state index contributed by atoms with van der Waals surface area (Å²) in [5.74, 6) is 0.789. The molecule has 0 heteroatoms. The zero-order valence-corrected chi connectivity index (χ0v) is 15.5. The van der Waals surface area contributed by atoms with E-state index >= 15 is 0 Å². The molecule has 0 spiro atoms. The average molecular weight is 313 g/mol. The molecule has 0 unspecified atom stereocenters. The first-order valence-corrected chi connectivity index (χ1v) is 10.1.